The van der Waals surface area contributed by atoms with Gasteiger partial charge in [0, 0.05) is 20.2 Å². The minimum atomic E-state index is -0.129. The molecule has 1 amide bonds. The Morgan fingerprint density at radius 3 is 2.89 bits per heavy atom. The average molecular weight is 252 g/mol. The van der Waals surface area contributed by atoms with Gasteiger partial charge in [-0.15, -0.1) is 0 Å². The smallest absolute Gasteiger partial charge is 0.272 e. The van der Waals surface area contributed by atoms with Crippen LogP contribution in [0.15, 0.2) is 18.2 Å². The van der Waals surface area contributed by atoms with Gasteiger partial charge in [0.15, 0.2) is 0 Å². The van der Waals surface area contributed by atoms with Crippen molar-refractivity contribution in [3.8, 4) is 0 Å². The number of unbranched alkanes of at least 4 members (excludes halogenated alkanes) is 2. The quantitative estimate of drug-likeness (QED) is 0.375. The molecule has 0 radical (unpaired) electrons. The molecule has 0 spiro atoms. The van der Waals surface area contributed by atoms with Gasteiger partial charge in [0.1, 0.15) is 11.5 Å². The Kier molecular flexibility index (Phi) is 6.10. The summed E-state index contributed by atoms with van der Waals surface area (Å²) >= 11 is 0. The standard InChI is InChI=1S/C12H20N4O2/c1-16(8-3-2-4-9-17)12(18)10-6-5-7-11(14-10)15-13/h5-7,17H,2-4,8-9,13H2,1H3,(H,14,15). The van der Waals surface area contributed by atoms with Crippen LogP contribution in [0.5, 0.6) is 0 Å². The number of hydrazine groups is 1. The van der Waals surface area contributed by atoms with Gasteiger partial charge in [-0.3, -0.25) is 4.79 Å². The molecule has 1 aromatic heterocycles. The van der Waals surface area contributed by atoms with Gasteiger partial charge in [0.05, 0.1) is 0 Å². The van der Waals surface area contributed by atoms with Crippen LogP contribution in [0.25, 0.3) is 0 Å². The molecule has 0 saturated heterocycles. The van der Waals surface area contributed by atoms with Crippen LogP contribution in [-0.4, -0.2) is 41.1 Å². The maximum Gasteiger partial charge on any atom is 0.272 e. The number of nitrogens with two attached hydrogens (primary N) is 1. The molecule has 0 aliphatic carbocycles. The van der Waals surface area contributed by atoms with Crippen molar-refractivity contribution in [2.45, 2.75) is 19.3 Å². The van der Waals surface area contributed by atoms with Crippen LogP contribution < -0.4 is 11.3 Å². The molecule has 0 fully saturated rings. The van der Waals surface area contributed by atoms with Crippen molar-refractivity contribution < 1.29 is 9.90 Å². The van der Waals surface area contributed by atoms with E-state index < -0.39 is 0 Å². The molecule has 1 heterocycles. The Labute approximate surface area is 107 Å². The summed E-state index contributed by atoms with van der Waals surface area (Å²) in [7, 11) is 1.74. The first-order valence-electron chi connectivity index (χ1n) is 5.99. The minimum absolute atomic E-state index is 0.129. The molecule has 0 aromatic carbocycles. The third kappa shape index (κ3) is 4.31. The Morgan fingerprint density at radius 2 is 2.22 bits per heavy atom. The first kappa shape index (κ1) is 14.4. The van der Waals surface area contributed by atoms with E-state index in [9.17, 15) is 4.79 Å². The lowest BCUT2D eigenvalue weighted by Gasteiger charge is -2.16. The average Bonchev–Trinajstić information content (AvgIpc) is 2.42. The number of nitrogens with one attached hydrogen (secondary N) is 1. The van der Waals surface area contributed by atoms with Crippen molar-refractivity contribution in [1.82, 2.24) is 9.88 Å². The van der Waals surface area contributed by atoms with Crippen molar-refractivity contribution in [2.24, 2.45) is 5.84 Å². The lowest BCUT2D eigenvalue weighted by molar-refractivity contribution is 0.0786. The topological polar surface area (TPSA) is 91.5 Å². The number of hydrogen-bond donors (Lipinski definition) is 3. The summed E-state index contributed by atoms with van der Waals surface area (Å²) in [6.07, 6.45) is 2.55. The molecular weight excluding hydrogens is 232 g/mol. The monoisotopic (exact) mass is 252 g/mol. The van der Waals surface area contributed by atoms with E-state index in [2.05, 4.69) is 10.4 Å². The van der Waals surface area contributed by atoms with Gasteiger partial charge in [0.2, 0.25) is 0 Å². The van der Waals surface area contributed by atoms with Crippen LogP contribution in [0.2, 0.25) is 0 Å². The van der Waals surface area contributed by atoms with Gasteiger partial charge < -0.3 is 15.4 Å². The van der Waals surface area contributed by atoms with E-state index in [1.165, 1.54) is 0 Å². The normalized spacial score (nSPS) is 10.2. The second-order valence-electron chi connectivity index (χ2n) is 4.06. The zero-order valence-corrected chi connectivity index (χ0v) is 10.6. The SMILES string of the molecule is CN(CCCCCO)C(=O)c1cccc(NN)n1. The Hall–Kier alpha value is -1.66. The molecule has 0 aliphatic heterocycles. The predicted molar refractivity (Wildman–Crippen MR) is 69.9 cm³/mol. The van der Waals surface area contributed by atoms with E-state index in [0.29, 0.717) is 18.1 Å². The number of hydrogen-bond acceptors (Lipinski definition) is 5. The van der Waals surface area contributed by atoms with Crippen LogP contribution in [-0.2, 0) is 0 Å². The van der Waals surface area contributed by atoms with E-state index >= 15 is 0 Å². The number of rotatable bonds is 7. The van der Waals surface area contributed by atoms with E-state index in [4.69, 9.17) is 10.9 Å². The number of aliphatic hydroxyl groups is 1. The van der Waals surface area contributed by atoms with E-state index in [0.717, 1.165) is 19.3 Å². The number of nitrogens with zero attached hydrogens (tertiary/aromatic N) is 2. The maximum atomic E-state index is 12.0. The zero-order chi connectivity index (χ0) is 13.4. The van der Waals surface area contributed by atoms with Gasteiger partial charge >= 0.3 is 0 Å². The number of aromatic nitrogens is 1. The summed E-state index contributed by atoms with van der Waals surface area (Å²) in [5.74, 6) is 5.59. The summed E-state index contributed by atoms with van der Waals surface area (Å²) in [6, 6.07) is 5.08. The van der Waals surface area contributed by atoms with E-state index in [1.807, 2.05) is 0 Å². The van der Waals surface area contributed by atoms with Crippen molar-refractivity contribution in [3.63, 3.8) is 0 Å². The van der Waals surface area contributed by atoms with Crippen molar-refractivity contribution in [1.29, 1.82) is 0 Å². The lowest BCUT2D eigenvalue weighted by Crippen LogP contribution is -2.28. The number of aliphatic hydroxyl groups excluding tert-OH is 1. The van der Waals surface area contributed by atoms with E-state index in [-0.39, 0.29) is 12.5 Å². The number of nitrogen functional groups attached to an aromatic ring is 1. The Morgan fingerprint density at radius 1 is 1.44 bits per heavy atom. The van der Waals surface area contributed by atoms with Crippen LogP contribution in [0, 0.1) is 0 Å². The highest BCUT2D eigenvalue weighted by Gasteiger charge is 2.12. The zero-order valence-electron chi connectivity index (χ0n) is 10.6. The fourth-order valence-electron chi connectivity index (χ4n) is 1.57. The first-order chi connectivity index (χ1) is 8.69. The molecule has 6 heteroatoms. The number of amides is 1. The van der Waals surface area contributed by atoms with Crippen LogP contribution >= 0.6 is 0 Å². The Bertz CT molecular complexity index is 384. The van der Waals surface area contributed by atoms with Crippen molar-refractivity contribution in [2.75, 3.05) is 25.6 Å². The molecule has 6 nitrogen and oxygen atoms in total. The second-order valence-corrected chi connectivity index (χ2v) is 4.06. The molecule has 1 aromatic rings. The van der Waals surface area contributed by atoms with Gasteiger partial charge in [0.25, 0.3) is 5.91 Å². The van der Waals surface area contributed by atoms with Gasteiger partial charge in [-0.1, -0.05) is 6.07 Å². The van der Waals surface area contributed by atoms with Gasteiger partial charge in [-0.05, 0) is 31.4 Å². The predicted octanol–water partition coefficient (Wildman–Crippen LogP) is 0.602. The highest BCUT2D eigenvalue weighted by Crippen LogP contribution is 2.06. The van der Waals surface area contributed by atoms with Crippen LogP contribution in [0.1, 0.15) is 29.8 Å². The molecule has 18 heavy (non-hydrogen) atoms. The summed E-state index contributed by atoms with van der Waals surface area (Å²) in [4.78, 5) is 17.7. The van der Waals surface area contributed by atoms with Gasteiger partial charge in [-0.2, -0.15) is 0 Å². The highest BCUT2D eigenvalue weighted by atomic mass is 16.2. The molecule has 0 atom stereocenters. The summed E-state index contributed by atoms with van der Waals surface area (Å²) in [5.41, 5.74) is 2.78. The maximum absolute atomic E-state index is 12.0. The molecular formula is C12H20N4O2. The number of carbonyl (C=O) groups excluding carboxylic acids is 1. The highest BCUT2D eigenvalue weighted by molar-refractivity contribution is 5.92. The summed E-state index contributed by atoms with van der Waals surface area (Å²) in [5, 5.41) is 8.67. The van der Waals surface area contributed by atoms with Crippen molar-refractivity contribution >= 4 is 11.7 Å². The fraction of sp³-hybridized carbons (Fsp3) is 0.500. The minimum Gasteiger partial charge on any atom is -0.396 e. The molecule has 100 valence electrons. The molecule has 0 bridgehead atoms. The summed E-state index contributed by atoms with van der Waals surface area (Å²) < 4.78 is 0. The first-order valence-corrected chi connectivity index (χ1v) is 5.99. The summed E-state index contributed by atoms with van der Waals surface area (Å²) in [6.45, 7) is 0.851. The van der Waals surface area contributed by atoms with Crippen LogP contribution in [0.3, 0.4) is 0 Å². The Balaban J connectivity index is 2.51. The largest absolute Gasteiger partial charge is 0.396 e. The molecule has 0 saturated carbocycles. The molecule has 0 unspecified atom stereocenters. The van der Waals surface area contributed by atoms with Gasteiger partial charge in [-0.25, -0.2) is 10.8 Å². The molecule has 1 rings (SSSR count). The van der Waals surface area contributed by atoms with E-state index in [1.54, 1.807) is 30.1 Å². The fourth-order valence-corrected chi connectivity index (χ4v) is 1.57. The van der Waals surface area contributed by atoms with Crippen LogP contribution in [0.4, 0.5) is 5.82 Å². The van der Waals surface area contributed by atoms with Crippen molar-refractivity contribution in [3.05, 3.63) is 23.9 Å². The second kappa shape index (κ2) is 7.62. The number of carbonyl (C=O) groups is 1. The molecule has 0 aliphatic rings. The number of anilines is 1. The molecule has 4 N–H and O–H groups in total. The third-order valence-corrected chi connectivity index (χ3v) is 2.61. The third-order valence-electron chi connectivity index (χ3n) is 2.61. The number of pyridine rings is 1. The lowest BCUT2D eigenvalue weighted by atomic mass is 10.2.